The number of hydrogen-bond donors (Lipinski definition) is 1. The van der Waals surface area contributed by atoms with Crippen molar-refractivity contribution in [2.75, 3.05) is 0 Å². The predicted molar refractivity (Wildman–Crippen MR) is 63.8 cm³/mol. The zero-order valence-electron chi connectivity index (χ0n) is 8.96. The van der Waals surface area contributed by atoms with Crippen LogP contribution >= 0.6 is 0 Å². The Kier molecular flexibility index (Phi) is 2.96. The van der Waals surface area contributed by atoms with Crippen LogP contribution in [-0.2, 0) is 0 Å². The van der Waals surface area contributed by atoms with Gasteiger partial charge in [-0.2, -0.15) is 4.98 Å². The van der Waals surface area contributed by atoms with E-state index in [1.54, 1.807) is 6.08 Å². The maximum Gasteiger partial charge on any atom is 0.214 e. The average Bonchev–Trinajstić information content (AvgIpc) is 2.27. The molecule has 0 aliphatic heterocycles. The fourth-order valence-electron chi connectivity index (χ4n) is 1.38. The molecule has 0 amide bonds. The second kappa shape index (κ2) is 4.57. The number of benzene rings is 1. The van der Waals surface area contributed by atoms with Crippen molar-refractivity contribution in [3.8, 4) is 5.88 Å². The van der Waals surface area contributed by atoms with Crippen LogP contribution < -0.4 is 0 Å². The van der Waals surface area contributed by atoms with Crippen LogP contribution in [0.15, 0.2) is 36.4 Å². The van der Waals surface area contributed by atoms with E-state index in [1.807, 2.05) is 43.3 Å². The summed E-state index contributed by atoms with van der Waals surface area (Å²) in [5.74, 6) is 0.515. The Labute approximate surface area is 94.1 Å². The van der Waals surface area contributed by atoms with E-state index in [-0.39, 0.29) is 5.88 Å². The van der Waals surface area contributed by atoms with Crippen molar-refractivity contribution < 1.29 is 5.11 Å². The minimum absolute atomic E-state index is 0.000196. The average molecular weight is 212 g/mol. The lowest BCUT2D eigenvalue weighted by molar-refractivity contribution is 0.450. The van der Waals surface area contributed by atoms with Gasteiger partial charge in [-0.15, -0.1) is 0 Å². The summed E-state index contributed by atoms with van der Waals surface area (Å²) in [7, 11) is 0. The second-order valence-electron chi connectivity index (χ2n) is 3.47. The summed E-state index contributed by atoms with van der Waals surface area (Å²) in [6, 6.07) is 11.4. The summed E-state index contributed by atoms with van der Waals surface area (Å²) >= 11 is 0. The number of aromatic hydroxyl groups is 1. The van der Waals surface area contributed by atoms with Gasteiger partial charge in [0.1, 0.15) is 0 Å². The van der Waals surface area contributed by atoms with Crippen LogP contribution in [-0.4, -0.2) is 15.1 Å². The lowest BCUT2D eigenvalue weighted by Gasteiger charge is -1.97. The van der Waals surface area contributed by atoms with Crippen LogP contribution in [0.4, 0.5) is 0 Å². The first-order chi connectivity index (χ1) is 7.74. The minimum Gasteiger partial charge on any atom is -0.493 e. The van der Waals surface area contributed by atoms with E-state index < -0.39 is 0 Å². The van der Waals surface area contributed by atoms with E-state index in [4.69, 9.17) is 0 Å². The van der Waals surface area contributed by atoms with Crippen molar-refractivity contribution in [2.24, 2.45) is 0 Å². The molecule has 0 bridgehead atoms. The van der Waals surface area contributed by atoms with E-state index in [2.05, 4.69) is 9.97 Å². The summed E-state index contributed by atoms with van der Waals surface area (Å²) in [6.07, 6.45) is 3.69. The molecule has 1 aromatic heterocycles. The van der Waals surface area contributed by atoms with Crippen molar-refractivity contribution in [2.45, 2.75) is 6.92 Å². The Morgan fingerprint density at radius 3 is 2.50 bits per heavy atom. The molecule has 0 atom stereocenters. The Hall–Kier alpha value is -2.16. The van der Waals surface area contributed by atoms with Crippen molar-refractivity contribution in [3.63, 3.8) is 0 Å². The van der Waals surface area contributed by atoms with Crippen LogP contribution in [0.25, 0.3) is 12.2 Å². The van der Waals surface area contributed by atoms with Crippen molar-refractivity contribution >= 4 is 12.2 Å². The molecule has 1 aromatic carbocycles. The third kappa shape index (κ3) is 2.67. The van der Waals surface area contributed by atoms with Gasteiger partial charge in [-0.3, -0.25) is 0 Å². The highest BCUT2D eigenvalue weighted by Gasteiger charge is 1.96. The summed E-state index contributed by atoms with van der Waals surface area (Å²) < 4.78 is 0. The van der Waals surface area contributed by atoms with Gasteiger partial charge in [0, 0.05) is 11.8 Å². The predicted octanol–water partition coefficient (Wildman–Crippen LogP) is 2.66. The first kappa shape index (κ1) is 10.4. The van der Waals surface area contributed by atoms with Crippen LogP contribution in [0.3, 0.4) is 0 Å². The normalized spacial score (nSPS) is 10.8. The van der Waals surface area contributed by atoms with Gasteiger partial charge in [-0.1, -0.05) is 36.4 Å². The van der Waals surface area contributed by atoms with Crippen molar-refractivity contribution in [1.29, 1.82) is 0 Å². The molecule has 3 nitrogen and oxygen atoms in total. The van der Waals surface area contributed by atoms with E-state index in [0.29, 0.717) is 5.82 Å². The minimum atomic E-state index is 0.000196. The molecule has 16 heavy (non-hydrogen) atoms. The quantitative estimate of drug-likeness (QED) is 0.832. The Morgan fingerprint density at radius 1 is 1.06 bits per heavy atom. The number of hydrogen-bond acceptors (Lipinski definition) is 3. The molecule has 0 saturated carbocycles. The van der Waals surface area contributed by atoms with E-state index >= 15 is 0 Å². The molecular weight excluding hydrogens is 200 g/mol. The summed E-state index contributed by atoms with van der Waals surface area (Å²) in [6.45, 7) is 1.82. The smallest absolute Gasteiger partial charge is 0.214 e. The van der Waals surface area contributed by atoms with Gasteiger partial charge in [0.05, 0.1) is 0 Å². The summed E-state index contributed by atoms with van der Waals surface area (Å²) in [4.78, 5) is 8.10. The first-order valence-electron chi connectivity index (χ1n) is 5.02. The van der Waals surface area contributed by atoms with Crippen LogP contribution in [0.5, 0.6) is 5.88 Å². The third-order valence-electron chi connectivity index (χ3n) is 2.08. The maximum absolute atomic E-state index is 9.31. The molecule has 0 saturated heterocycles. The molecule has 0 radical (unpaired) electrons. The van der Waals surface area contributed by atoms with Gasteiger partial charge in [0.25, 0.3) is 0 Å². The molecule has 2 aromatic rings. The Morgan fingerprint density at radius 2 is 1.81 bits per heavy atom. The fourth-order valence-corrected chi connectivity index (χ4v) is 1.38. The van der Waals surface area contributed by atoms with Gasteiger partial charge in [0.15, 0.2) is 5.82 Å². The van der Waals surface area contributed by atoms with Gasteiger partial charge < -0.3 is 5.11 Å². The summed E-state index contributed by atoms with van der Waals surface area (Å²) in [5, 5.41) is 9.31. The zero-order valence-corrected chi connectivity index (χ0v) is 8.96. The van der Waals surface area contributed by atoms with Gasteiger partial charge in [-0.05, 0) is 18.6 Å². The number of nitrogens with zero attached hydrogens (tertiary/aromatic N) is 2. The molecule has 0 unspecified atom stereocenters. The summed E-state index contributed by atoms with van der Waals surface area (Å²) in [5.41, 5.74) is 1.83. The highest BCUT2D eigenvalue weighted by Crippen LogP contribution is 2.09. The maximum atomic E-state index is 9.31. The molecule has 0 spiro atoms. The highest BCUT2D eigenvalue weighted by atomic mass is 16.3. The molecule has 80 valence electrons. The van der Waals surface area contributed by atoms with E-state index in [9.17, 15) is 5.11 Å². The van der Waals surface area contributed by atoms with Crippen LogP contribution in [0.2, 0.25) is 0 Å². The largest absolute Gasteiger partial charge is 0.493 e. The highest BCUT2D eigenvalue weighted by molar-refractivity contribution is 5.66. The van der Waals surface area contributed by atoms with Crippen molar-refractivity contribution in [3.05, 3.63) is 53.5 Å². The molecule has 0 fully saturated rings. The van der Waals surface area contributed by atoms with Crippen LogP contribution in [0, 0.1) is 6.92 Å². The molecule has 1 heterocycles. The Balaban J connectivity index is 2.24. The van der Waals surface area contributed by atoms with Gasteiger partial charge in [0.2, 0.25) is 5.88 Å². The van der Waals surface area contributed by atoms with E-state index in [1.165, 1.54) is 6.07 Å². The zero-order chi connectivity index (χ0) is 11.4. The van der Waals surface area contributed by atoms with Gasteiger partial charge in [-0.25, -0.2) is 4.98 Å². The molecule has 3 heteroatoms. The SMILES string of the molecule is Cc1cc(O)nc(/C=C/c2ccccc2)n1. The Bertz CT molecular complexity index is 486. The van der Waals surface area contributed by atoms with Crippen molar-refractivity contribution in [1.82, 2.24) is 9.97 Å². The number of aryl methyl sites for hydroxylation is 1. The first-order valence-corrected chi connectivity index (χ1v) is 5.02. The number of rotatable bonds is 2. The molecule has 2 rings (SSSR count). The van der Waals surface area contributed by atoms with Gasteiger partial charge >= 0.3 is 0 Å². The lowest BCUT2D eigenvalue weighted by atomic mass is 10.2. The second-order valence-corrected chi connectivity index (χ2v) is 3.47. The molecule has 0 aliphatic rings. The standard InChI is InChI=1S/C13H12N2O/c1-10-9-13(16)15-12(14-10)8-7-11-5-3-2-4-6-11/h2-9H,1H3,(H,14,15,16)/b8-7+. The molecular formula is C13H12N2O. The fraction of sp³-hybridized carbons (Fsp3) is 0.0769. The lowest BCUT2D eigenvalue weighted by Crippen LogP contribution is -1.89. The third-order valence-corrected chi connectivity index (χ3v) is 2.08. The topological polar surface area (TPSA) is 46.0 Å². The number of aromatic nitrogens is 2. The van der Waals surface area contributed by atoms with E-state index in [0.717, 1.165) is 11.3 Å². The monoisotopic (exact) mass is 212 g/mol. The molecule has 0 aliphatic carbocycles. The van der Waals surface area contributed by atoms with Crippen LogP contribution in [0.1, 0.15) is 17.1 Å². The molecule has 1 N–H and O–H groups in total.